The van der Waals surface area contributed by atoms with Crippen LogP contribution in [0.5, 0.6) is 0 Å². The smallest absolute Gasteiger partial charge is 0.341 e. The number of aryl methyl sites for hydroxylation is 2. The summed E-state index contributed by atoms with van der Waals surface area (Å²) in [5, 5.41) is 7.24. The molecular weight excluding hydrogens is 446 g/mol. The van der Waals surface area contributed by atoms with Crippen molar-refractivity contribution in [2.24, 2.45) is 0 Å². The van der Waals surface area contributed by atoms with E-state index in [9.17, 15) is 9.59 Å². The lowest BCUT2D eigenvalue weighted by Gasteiger charge is -2.10. The van der Waals surface area contributed by atoms with Crippen LogP contribution < -0.4 is 5.32 Å². The third-order valence-corrected chi connectivity index (χ3v) is 5.30. The molecular formula is C23H24BrN3O3. The molecule has 2 aromatic carbocycles. The van der Waals surface area contributed by atoms with Crippen molar-refractivity contribution >= 4 is 33.5 Å². The lowest BCUT2D eigenvalue weighted by molar-refractivity contribution is -0.116. The Hall–Kier alpha value is -2.93. The van der Waals surface area contributed by atoms with E-state index in [1.807, 2.05) is 56.3 Å². The molecule has 3 aromatic rings. The van der Waals surface area contributed by atoms with Gasteiger partial charge in [0.15, 0.2) is 0 Å². The van der Waals surface area contributed by atoms with Crippen LogP contribution in [-0.2, 0) is 16.0 Å². The Morgan fingerprint density at radius 2 is 1.97 bits per heavy atom. The molecule has 0 unspecified atom stereocenters. The molecule has 0 spiro atoms. The minimum Gasteiger partial charge on any atom is -0.462 e. The van der Waals surface area contributed by atoms with E-state index < -0.39 is 5.97 Å². The lowest BCUT2D eigenvalue weighted by atomic mass is 10.0. The predicted molar refractivity (Wildman–Crippen MR) is 120 cm³/mol. The number of rotatable bonds is 7. The first kappa shape index (κ1) is 21.8. The van der Waals surface area contributed by atoms with E-state index in [2.05, 4.69) is 26.3 Å². The van der Waals surface area contributed by atoms with Crippen molar-refractivity contribution in [2.75, 3.05) is 11.9 Å². The largest absolute Gasteiger partial charge is 0.462 e. The molecule has 0 bridgehead atoms. The molecule has 1 amide bonds. The van der Waals surface area contributed by atoms with E-state index in [0.29, 0.717) is 36.4 Å². The van der Waals surface area contributed by atoms with Gasteiger partial charge >= 0.3 is 5.97 Å². The number of hydrogen-bond donors (Lipinski definition) is 1. The van der Waals surface area contributed by atoms with Crippen LogP contribution in [0.3, 0.4) is 0 Å². The lowest BCUT2D eigenvalue weighted by Crippen LogP contribution is -2.13. The van der Waals surface area contributed by atoms with Crippen molar-refractivity contribution in [1.82, 2.24) is 9.78 Å². The summed E-state index contributed by atoms with van der Waals surface area (Å²) in [4.78, 5) is 24.5. The van der Waals surface area contributed by atoms with Crippen molar-refractivity contribution in [1.29, 1.82) is 0 Å². The second-order valence-corrected chi connectivity index (χ2v) is 7.86. The molecule has 0 aliphatic carbocycles. The molecule has 0 aliphatic heterocycles. The van der Waals surface area contributed by atoms with Gasteiger partial charge in [0.25, 0.3) is 0 Å². The maximum absolute atomic E-state index is 12.4. The number of nitrogens with zero attached hydrogens (tertiary/aromatic N) is 2. The van der Waals surface area contributed by atoms with E-state index in [4.69, 9.17) is 4.74 Å². The van der Waals surface area contributed by atoms with Crippen molar-refractivity contribution in [3.05, 3.63) is 75.5 Å². The zero-order chi connectivity index (χ0) is 21.7. The Balaban J connectivity index is 1.68. The third-order valence-electron chi connectivity index (χ3n) is 4.81. The molecule has 0 fully saturated rings. The Morgan fingerprint density at radius 1 is 1.17 bits per heavy atom. The van der Waals surface area contributed by atoms with E-state index in [1.165, 1.54) is 6.20 Å². The molecule has 0 aliphatic rings. The van der Waals surface area contributed by atoms with E-state index >= 15 is 0 Å². The first-order chi connectivity index (χ1) is 14.4. The zero-order valence-corrected chi connectivity index (χ0v) is 18.8. The number of aromatic nitrogens is 2. The maximum atomic E-state index is 12.4. The van der Waals surface area contributed by atoms with Gasteiger partial charge in [-0.25, -0.2) is 9.48 Å². The number of ether oxygens (including phenoxy) is 1. The van der Waals surface area contributed by atoms with Gasteiger partial charge in [-0.3, -0.25) is 4.79 Å². The van der Waals surface area contributed by atoms with Crippen LogP contribution in [0.15, 0.2) is 53.1 Å². The number of carbonyl (C=O) groups excluding carboxylic acids is 2. The Labute approximate surface area is 184 Å². The SMILES string of the molecule is CCOC(=O)c1cnn(-c2cccc(NC(=O)CCc3ccc(Br)cc3C)c2)c1C. The molecule has 6 nitrogen and oxygen atoms in total. The number of esters is 1. The highest BCUT2D eigenvalue weighted by Gasteiger charge is 2.16. The highest BCUT2D eigenvalue weighted by Crippen LogP contribution is 2.20. The van der Waals surface area contributed by atoms with Crippen LogP contribution in [0, 0.1) is 13.8 Å². The van der Waals surface area contributed by atoms with Crippen LogP contribution in [-0.4, -0.2) is 28.3 Å². The predicted octanol–water partition coefficient (Wildman–Crippen LogP) is 5.00. The number of anilines is 1. The number of benzene rings is 2. The van der Waals surface area contributed by atoms with Crippen molar-refractivity contribution in [2.45, 2.75) is 33.6 Å². The fourth-order valence-corrected chi connectivity index (χ4v) is 3.68. The van der Waals surface area contributed by atoms with Gasteiger partial charge in [-0.15, -0.1) is 0 Å². The molecule has 7 heteroatoms. The maximum Gasteiger partial charge on any atom is 0.341 e. The van der Waals surface area contributed by atoms with Gasteiger partial charge in [0.2, 0.25) is 5.91 Å². The molecule has 0 saturated carbocycles. The molecule has 156 valence electrons. The number of halogens is 1. The number of nitrogens with one attached hydrogen (secondary N) is 1. The van der Waals surface area contributed by atoms with Gasteiger partial charge < -0.3 is 10.1 Å². The summed E-state index contributed by atoms with van der Waals surface area (Å²) in [6.45, 7) is 5.93. The van der Waals surface area contributed by atoms with Gasteiger partial charge in [-0.05, 0) is 68.7 Å². The zero-order valence-electron chi connectivity index (χ0n) is 17.2. The highest BCUT2D eigenvalue weighted by molar-refractivity contribution is 9.10. The summed E-state index contributed by atoms with van der Waals surface area (Å²) in [5.74, 6) is -0.451. The summed E-state index contributed by atoms with van der Waals surface area (Å²) >= 11 is 3.46. The Kier molecular flexibility index (Phi) is 7.05. The second-order valence-electron chi connectivity index (χ2n) is 6.95. The first-order valence-electron chi connectivity index (χ1n) is 9.76. The molecule has 1 heterocycles. The molecule has 1 N–H and O–H groups in total. The van der Waals surface area contributed by atoms with Crippen LogP contribution in [0.1, 0.15) is 40.5 Å². The normalized spacial score (nSPS) is 10.7. The fourth-order valence-electron chi connectivity index (χ4n) is 3.21. The number of carbonyl (C=O) groups is 2. The molecule has 0 radical (unpaired) electrons. The number of amides is 1. The van der Waals surface area contributed by atoms with Crippen LogP contribution >= 0.6 is 15.9 Å². The summed E-state index contributed by atoms with van der Waals surface area (Å²) in [7, 11) is 0. The quantitative estimate of drug-likeness (QED) is 0.494. The molecule has 30 heavy (non-hydrogen) atoms. The average Bonchev–Trinajstić information content (AvgIpc) is 3.09. The topological polar surface area (TPSA) is 73.2 Å². The Morgan fingerprint density at radius 3 is 2.70 bits per heavy atom. The summed E-state index contributed by atoms with van der Waals surface area (Å²) in [5.41, 5.74) is 4.85. The second kappa shape index (κ2) is 9.71. The number of hydrogen-bond acceptors (Lipinski definition) is 4. The van der Waals surface area contributed by atoms with Gasteiger partial charge in [0.05, 0.1) is 24.2 Å². The monoisotopic (exact) mass is 469 g/mol. The highest BCUT2D eigenvalue weighted by atomic mass is 79.9. The van der Waals surface area contributed by atoms with Gasteiger partial charge in [-0.1, -0.05) is 28.1 Å². The van der Waals surface area contributed by atoms with Crippen molar-refractivity contribution < 1.29 is 14.3 Å². The minimum absolute atomic E-state index is 0.0566. The minimum atomic E-state index is -0.394. The summed E-state index contributed by atoms with van der Waals surface area (Å²) in [6, 6.07) is 13.4. The molecule has 1 aromatic heterocycles. The summed E-state index contributed by atoms with van der Waals surface area (Å²) in [6.07, 6.45) is 2.56. The average molecular weight is 470 g/mol. The van der Waals surface area contributed by atoms with Crippen LogP contribution in [0.2, 0.25) is 0 Å². The molecule has 0 saturated heterocycles. The van der Waals surface area contributed by atoms with E-state index in [1.54, 1.807) is 11.6 Å². The van der Waals surface area contributed by atoms with Gasteiger partial charge in [-0.2, -0.15) is 5.10 Å². The summed E-state index contributed by atoms with van der Waals surface area (Å²) < 4.78 is 7.75. The van der Waals surface area contributed by atoms with Gasteiger partial charge in [0, 0.05) is 16.6 Å². The van der Waals surface area contributed by atoms with E-state index in [0.717, 1.165) is 21.3 Å². The van der Waals surface area contributed by atoms with E-state index in [-0.39, 0.29) is 5.91 Å². The van der Waals surface area contributed by atoms with Crippen LogP contribution in [0.25, 0.3) is 5.69 Å². The molecule has 3 rings (SSSR count). The van der Waals surface area contributed by atoms with Crippen molar-refractivity contribution in [3.63, 3.8) is 0 Å². The standard InChI is InChI=1S/C23H24BrN3O3/c1-4-30-23(29)21-14-25-27(16(21)3)20-7-5-6-19(13-20)26-22(28)11-9-17-8-10-18(24)12-15(17)2/h5-8,10,12-14H,4,9,11H2,1-3H3,(H,26,28). The Bertz CT molecular complexity index is 1080. The van der Waals surface area contributed by atoms with Crippen LogP contribution in [0.4, 0.5) is 5.69 Å². The van der Waals surface area contributed by atoms with Crippen molar-refractivity contribution in [3.8, 4) is 5.69 Å². The van der Waals surface area contributed by atoms with Gasteiger partial charge in [0.1, 0.15) is 5.56 Å². The molecule has 0 atom stereocenters. The third kappa shape index (κ3) is 5.16. The fraction of sp³-hybridized carbons (Fsp3) is 0.261. The first-order valence-corrected chi connectivity index (χ1v) is 10.6.